The van der Waals surface area contributed by atoms with Crippen LogP contribution in [0.3, 0.4) is 0 Å². The van der Waals surface area contributed by atoms with Crippen LogP contribution in [0.2, 0.25) is 0 Å². The van der Waals surface area contributed by atoms with Gasteiger partial charge in [-0.05, 0) is 41.8 Å². The summed E-state index contributed by atoms with van der Waals surface area (Å²) in [5, 5.41) is 14.2. The summed E-state index contributed by atoms with van der Waals surface area (Å²) in [6.07, 6.45) is 0.705. The van der Waals surface area contributed by atoms with Crippen molar-refractivity contribution in [3.8, 4) is 5.75 Å². The summed E-state index contributed by atoms with van der Waals surface area (Å²) >= 11 is 1.58. The van der Waals surface area contributed by atoms with Crippen molar-refractivity contribution < 1.29 is 9.52 Å². The molecule has 4 heterocycles. The maximum atomic E-state index is 13.1. The number of hydrogen-bond acceptors (Lipinski definition) is 7. The molecular weight excluding hydrogens is 402 g/mol. The number of benzene rings is 2. The van der Waals surface area contributed by atoms with E-state index in [0.717, 1.165) is 11.1 Å². The lowest BCUT2D eigenvalue weighted by Gasteiger charge is -2.30. The highest BCUT2D eigenvalue weighted by molar-refractivity contribution is 7.98. The predicted molar refractivity (Wildman–Crippen MR) is 115 cm³/mol. The summed E-state index contributed by atoms with van der Waals surface area (Å²) in [4.78, 5) is 30.5. The number of nitrogens with one attached hydrogen (secondary N) is 1. The summed E-state index contributed by atoms with van der Waals surface area (Å²) in [5.41, 5.74) is 1.55. The number of anilines is 2. The average Bonchev–Trinajstić information content (AvgIpc) is 3.21. The minimum atomic E-state index is -0.705. The lowest BCUT2D eigenvalue weighted by molar-refractivity contribution is 0.474. The molecule has 0 saturated heterocycles. The van der Waals surface area contributed by atoms with Gasteiger partial charge in [-0.3, -0.25) is 8.77 Å². The van der Waals surface area contributed by atoms with Gasteiger partial charge in [0.05, 0.1) is 22.7 Å². The van der Waals surface area contributed by atoms with Crippen LogP contribution >= 0.6 is 11.9 Å². The first-order chi connectivity index (χ1) is 14.6. The molecule has 0 saturated carbocycles. The highest BCUT2D eigenvalue weighted by Gasteiger charge is 2.37. The van der Waals surface area contributed by atoms with Gasteiger partial charge in [0.25, 0.3) is 5.56 Å². The van der Waals surface area contributed by atoms with Crippen LogP contribution in [0.5, 0.6) is 5.75 Å². The number of aromatic hydroxyl groups is 1. The van der Waals surface area contributed by atoms with Crippen LogP contribution in [0, 0.1) is 0 Å². The molecule has 0 fully saturated rings. The first-order valence-electron chi connectivity index (χ1n) is 9.52. The number of nitrogens with zero attached hydrogens (tertiary/aromatic N) is 2. The number of hydrogen-bond donors (Lipinski definition) is 2. The molecular formula is C22H15N3O4S. The summed E-state index contributed by atoms with van der Waals surface area (Å²) in [6, 6.07) is 13.9. The minimum absolute atomic E-state index is 0.0582. The average molecular weight is 417 g/mol. The molecule has 2 aliphatic rings. The normalized spacial score (nSPS) is 16.6. The molecule has 2 aromatic carbocycles. The minimum Gasteiger partial charge on any atom is -0.508 e. The molecule has 1 atom stereocenters. The second-order valence-corrected chi connectivity index (χ2v) is 8.33. The fourth-order valence-corrected chi connectivity index (χ4v) is 5.34. The Bertz CT molecular complexity index is 1470. The van der Waals surface area contributed by atoms with E-state index in [0.29, 0.717) is 46.0 Å². The van der Waals surface area contributed by atoms with Gasteiger partial charge in [-0.1, -0.05) is 24.3 Å². The van der Waals surface area contributed by atoms with Crippen molar-refractivity contribution in [2.24, 2.45) is 0 Å². The van der Waals surface area contributed by atoms with Gasteiger partial charge in [-0.2, -0.15) is 4.98 Å². The van der Waals surface area contributed by atoms with Crippen molar-refractivity contribution >= 4 is 34.4 Å². The van der Waals surface area contributed by atoms with Gasteiger partial charge in [-0.15, -0.1) is 0 Å². The Hall–Kier alpha value is -3.52. The van der Waals surface area contributed by atoms with Crippen LogP contribution in [0.1, 0.15) is 28.4 Å². The molecule has 1 unspecified atom stereocenters. The van der Waals surface area contributed by atoms with Crippen molar-refractivity contribution in [3.05, 3.63) is 91.8 Å². The van der Waals surface area contributed by atoms with Gasteiger partial charge in [-0.25, -0.2) is 4.79 Å². The van der Waals surface area contributed by atoms with E-state index in [1.54, 1.807) is 42.3 Å². The molecule has 2 aliphatic heterocycles. The molecule has 2 aromatic heterocycles. The molecule has 0 spiro atoms. The Morgan fingerprint density at radius 1 is 1.13 bits per heavy atom. The van der Waals surface area contributed by atoms with Crippen LogP contribution in [-0.4, -0.2) is 19.8 Å². The van der Waals surface area contributed by atoms with Crippen molar-refractivity contribution in [1.82, 2.24) is 8.96 Å². The number of aryl methyl sites for hydroxylation is 1. The van der Waals surface area contributed by atoms with Crippen LogP contribution in [0.15, 0.2) is 62.5 Å². The second-order valence-electron chi connectivity index (χ2n) is 7.30. The van der Waals surface area contributed by atoms with Gasteiger partial charge < -0.3 is 14.8 Å². The van der Waals surface area contributed by atoms with E-state index in [1.807, 2.05) is 22.2 Å². The Morgan fingerprint density at radius 2 is 2.00 bits per heavy atom. The van der Waals surface area contributed by atoms with Gasteiger partial charge in [0.15, 0.2) is 0 Å². The number of phenols is 1. The maximum Gasteiger partial charge on any atom is 0.342 e. The Labute approximate surface area is 174 Å². The molecule has 6 rings (SSSR count). The lowest BCUT2D eigenvalue weighted by Crippen LogP contribution is -2.31. The van der Waals surface area contributed by atoms with Crippen molar-refractivity contribution in [2.75, 3.05) is 11.1 Å². The molecule has 2 N–H and O–H groups in total. The van der Waals surface area contributed by atoms with Crippen molar-refractivity contribution in [1.29, 1.82) is 0 Å². The summed E-state index contributed by atoms with van der Waals surface area (Å²) in [5.74, 6) is 1.52. The van der Waals surface area contributed by atoms with Gasteiger partial charge in [0.1, 0.15) is 23.0 Å². The SMILES string of the molecule is O=c1nc2n(c3c1C(c1cccc(O)c1)c1c(c4ccccc4oc1=O)N3)SCC2. The van der Waals surface area contributed by atoms with E-state index in [1.165, 1.54) is 0 Å². The second kappa shape index (κ2) is 6.24. The molecule has 30 heavy (non-hydrogen) atoms. The fraction of sp³-hybridized carbons (Fsp3) is 0.136. The van der Waals surface area contributed by atoms with Crippen molar-refractivity contribution in [3.63, 3.8) is 0 Å². The van der Waals surface area contributed by atoms with E-state index in [-0.39, 0.29) is 11.3 Å². The quantitative estimate of drug-likeness (QED) is 0.404. The molecule has 8 heteroatoms. The predicted octanol–water partition coefficient (Wildman–Crippen LogP) is 3.34. The molecule has 148 valence electrons. The largest absolute Gasteiger partial charge is 0.508 e. The van der Waals surface area contributed by atoms with Crippen molar-refractivity contribution in [2.45, 2.75) is 12.3 Å². The number of aromatic nitrogens is 2. The summed E-state index contributed by atoms with van der Waals surface area (Å²) in [7, 11) is 0. The topological polar surface area (TPSA) is 97.4 Å². The highest BCUT2D eigenvalue weighted by atomic mass is 32.2. The van der Waals surface area contributed by atoms with E-state index < -0.39 is 11.5 Å². The number of phenolic OH excluding ortho intramolecular Hbond substituents is 1. The molecule has 7 nitrogen and oxygen atoms in total. The van der Waals surface area contributed by atoms with Crippen LogP contribution < -0.4 is 16.5 Å². The van der Waals surface area contributed by atoms with E-state index in [2.05, 4.69) is 10.3 Å². The molecule has 4 aromatic rings. The third kappa shape index (κ3) is 2.37. The maximum absolute atomic E-state index is 13.1. The molecule has 0 aliphatic carbocycles. The standard InChI is InChI=1S/C22H15N3O4S/c26-12-5-3-4-11(10-12)16-17-19(13-6-1-2-7-14(13)29-22(17)28)24-20-18(16)21(27)23-15-8-9-30-25(15)20/h1-7,10,16,24,26H,8-9H2. The fourth-order valence-electron chi connectivity index (χ4n) is 4.33. The Morgan fingerprint density at radius 3 is 2.87 bits per heavy atom. The highest BCUT2D eigenvalue weighted by Crippen LogP contribution is 2.46. The first-order valence-corrected chi connectivity index (χ1v) is 10.5. The first kappa shape index (κ1) is 17.3. The van der Waals surface area contributed by atoms with E-state index in [4.69, 9.17) is 4.42 Å². The van der Waals surface area contributed by atoms with E-state index in [9.17, 15) is 14.7 Å². The zero-order valence-corrected chi connectivity index (χ0v) is 16.4. The zero-order chi connectivity index (χ0) is 20.4. The number of para-hydroxylation sites is 1. The Balaban J connectivity index is 1.76. The summed E-state index contributed by atoms with van der Waals surface area (Å²) in [6.45, 7) is 0. The smallest absolute Gasteiger partial charge is 0.342 e. The van der Waals surface area contributed by atoms with Crippen LogP contribution in [-0.2, 0) is 6.42 Å². The molecule has 0 bridgehead atoms. The Kier molecular flexibility index (Phi) is 3.61. The third-order valence-corrected chi connectivity index (χ3v) is 6.61. The molecule has 0 amide bonds. The van der Waals surface area contributed by atoms with Crippen LogP contribution in [0.25, 0.3) is 11.0 Å². The molecule has 0 radical (unpaired) electrons. The van der Waals surface area contributed by atoms with Gasteiger partial charge >= 0.3 is 5.63 Å². The number of fused-ring (bicyclic) bond motifs is 6. The monoisotopic (exact) mass is 417 g/mol. The van der Waals surface area contributed by atoms with Gasteiger partial charge in [0, 0.05) is 17.6 Å². The van der Waals surface area contributed by atoms with Gasteiger partial charge in [0.2, 0.25) is 0 Å². The zero-order valence-electron chi connectivity index (χ0n) is 15.6. The number of rotatable bonds is 1. The lowest BCUT2D eigenvalue weighted by atomic mass is 9.82. The third-order valence-electron chi connectivity index (χ3n) is 5.57. The van der Waals surface area contributed by atoms with Crippen LogP contribution in [0.4, 0.5) is 11.5 Å². The summed E-state index contributed by atoms with van der Waals surface area (Å²) < 4.78 is 7.54. The van der Waals surface area contributed by atoms with E-state index >= 15 is 0 Å².